The van der Waals surface area contributed by atoms with Crippen molar-refractivity contribution in [1.29, 1.82) is 0 Å². The maximum Gasteiger partial charge on any atom is 0.132 e. The zero-order chi connectivity index (χ0) is 13.1. The molecule has 1 atom stereocenters. The SMILES string of the molecule is CCCc1nc(C)cc(N2CC[C@@H](N(C)C)C2)n1. The number of likely N-dealkylation sites (N-methyl/N-ethyl adjacent to an activating group) is 1. The Morgan fingerprint density at radius 3 is 2.78 bits per heavy atom. The van der Waals surface area contributed by atoms with E-state index < -0.39 is 0 Å². The van der Waals surface area contributed by atoms with Gasteiger partial charge in [-0.15, -0.1) is 0 Å². The fourth-order valence-electron chi connectivity index (χ4n) is 2.48. The molecule has 1 aliphatic heterocycles. The number of hydrogen-bond acceptors (Lipinski definition) is 4. The zero-order valence-electron chi connectivity index (χ0n) is 12.0. The van der Waals surface area contributed by atoms with Crippen molar-refractivity contribution in [3.63, 3.8) is 0 Å². The van der Waals surface area contributed by atoms with E-state index in [1.165, 1.54) is 6.42 Å². The summed E-state index contributed by atoms with van der Waals surface area (Å²) in [5, 5.41) is 0. The van der Waals surface area contributed by atoms with Crippen LogP contribution in [0.3, 0.4) is 0 Å². The molecule has 2 heterocycles. The molecular weight excluding hydrogens is 224 g/mol. The Labute approximate surface area is 110 Å². The molecule has 0 N–H and O–H groups in total. The van der Waals surface area contributed by atoms with E-state index in [0.717, 1.165) is 43.3 Å². The minimum absolute atomic E-state index is 0.648. The van der Waals surface area contributed by atoms with E-state index in [-0.39, 0.29) is 0 Å². The molecule has 18 heavy (non-hydrogen) atoms. The second-order valence-corrected chi connectivity index (χ2v) is 5.39. The van der Waals surface area contributed by atoms with E-state index in [0.29, 0.717) is 6.04 Å². The predicted octanol–water partition coefficient (Wildman–Crippen LogP) is 1.88. The van der Waals surface area contributed by atoms with Gasteiger partial charge < -0.3 is 9.80 Å². The van der Waals surface area contributed by atoms with Gasteiger partial charge in [-0.25, -0.2) is 9.97 Å². The molecule has 1 aromatic rings. The highest BCUT2D eigenvalue weighted by molar-refractivity contribution is 5.41. The van der Waals surface area contributed by atoms with E-state index in [2.05, 4.69) is 48.8 Å². The summed E-state index contributed by atoms with van der Waals surface area (Å²) in [6.07, 6.45) is 3.29. The topological polar surface area (TPSA) is 32.3 Å². The van der Waals surface area contributed by atoms with Crippen LogP contribution >= 0.6 is 0 Å². The lowest BCUT2D eigenvalue weighted by Gasteiger charge is -2.21. The average molecular weight is 248 g/mol. The predicted molar refractivity (Wildman–Crippen MR) is 75.1 cm³/mol. The van der Waals surface area contributed by atoms with Crippen molar-refractivity contribution in [2.75, 3.05) is 32.1 Å². The number of aryl methyl sites for hydroxylation is 2. The lowest BCUT2D eigenvalue weighted by molar-refractivity contribution is 0.315. The van der Waals surface area contributed by atoms with Gasteiger partial charge in [-0.2, -0.15) is 0 Å². The summed E-state index contributed by atoms with van der Waals surface area (Å²) >= 11 is 0. The minimum Gasteiger partial charge on any atom is -0.355 e. The maximum atomic E-state index is 4.70. The van der Waals surface area contributed by atoms with Crippen molar-refractivity contribution < 1.29 is 0 Å². The van der Waals surface area contributed by atoms with Crippen LogP contribution in [-0.4, -0.2) is 48.1 Å². The van der Waals surface area contributed by atoms with E-state index >= 15 is 0 Å². The maximum absolute atomic E-state index is 4.70. The van der Waals surface area contributed by atoms with Crippen molar-refractivity contribution in [3.8, 4) is 0 Å². The molecule has 0 radical (unpaired) electrons. The molecule has 0 amide bonds. The van der Waals surface area contributed by atoms with Crippen LogP contribution in [0.25, 0.3) is 0 Å². The Kier molecular flexibility index (Phi) is 4.17. The summed E-state index contributed by atoms with van der Waals surface area (Å²) in [5.41, 5.74) is 1.08. The van der Waals surface area contributed by atoms with Crippen LogP contribution in [-0.2, 0) is 6.42 Å². The number of rotatable bonds is 4. The summed E-state index contributed by atoms with van der Waals surface area (Å²) in [5.74, 6) is 2.09. The van der Waals surface area contributed by atoms with Crippen LogP contribution in [0, 0.1) is 6.92 Å². The third kappa shape index (κ3) is 2.99. The quantitative estimate of drug-likeness (QED) is 0.814. The van der Waals surface area contributed by atoms with Crippen LogP contribution in [0.15, 0.2) is 6.07 Å². The van der Waals surface area contributed by atoms with E-state index in [1.54, 1.807) is 0 Å². The second-order valence-electron chi connectivity index (χ2n) is 5.39. The average Bonchev–Trinajstić information content (AvgIpc) is 2.78. The van der Waals surface area contributed by atoms with E-state index in [4.69, 9.17) is 4.98 Å². The van der Waals surface area contributed by atoms with Gasteiger partial charge in [0.2, 0.25) is 0 Å². The summed E-state index contributed by atoms with van der Waals surface area (Å²) in [6, 6.07) is 2.76. The Morgan fingerprint density at radius 2 is 2.17 bits per heavy atom. The van der Waals surface area contributed by atoms with Gasteiger partial charge in [0.1, 0.15) is 11.6 Å². The second kappa shape index (κ2) is 5.65. The third-order valence-electron chi connectivity index (χ3n) is 3.58. The molecule has 0 aliphatic carbocycles. The molecule has 4 heteroatoms. The fraction of sp³-hybridized carbons (Fsp3) is 0.714. The van der Waals surface area contributed by atoms with Gasteiger partial charge in [0.25, 0.3) is 0 Å². The Balaban J connectivity index is 2.13. The molecule has 100 valence electrons. The van der Waals surface area contributed by atoms with Crippen LogP contribution < -0.4 is 4.90 Å². The first-order valence-corrected chi connectivity index (χ1v) is 6.86. The Bertz CT molecular complexity index is 403. The highest BCUT2D eigenvalue weighted by Gasteiger charge is 2.25. The highest BCUT2D eigenvalue weighted by atomic mass is 15.3. The summed E-state index contributed by atoms with van der Waals surface area (Å²) < 4.78 is 0. The first-order chi connectivity index (χ1) is 8.60. The monoisotopic (exact) mass is 248 g/mol. The number of hydrogen-bond donors (Lipinski definition) is 0. The fourth-order valence-corrected chi connectivity index (χ4v) is 2.48. The molecule has 2 rings (SSSR count). The van der Waals surface area contributed by atoms with Gasteiger partial charge in [-0.1, -0.05) is 6.92 Å². The minimum atomic E-state index is 0.648. The molecule has 1 saturated heterocycles. The molecule has 0 aromatic carbocycles. The van der Waals surface area contributed by atoms with Gasteiger partial charge >= 0.3 is 0 Å². The number of anilines is 1. The molecule has 0 saturated carbocycles. The van der Waals surface area contributed by atoms with Gasteiger partial charge in [0, 0.05) is 37.3 Å². The highest BCUT2D eigenvalue weighted by Crippen LogP contribution is 2.21. The van der Waals surface area contributed by atoms with Gasteiger partial charge in [-0.05, 0) is 33.9 Å². The number of aromatic nitrogens is 2. The normalized spacial score (nSPS) is 19.8. The lowest BCUT2D eigenvalue weighted by Crippen LogP contribution is -2.31. The molecule has 1 aromatic heterocycles. The molecule has 4 nitrogen and oxygen atoms in total. The van der Waals surface area contributed by atoms with Crippen molar-refractivity contribution in [2.45, 2.75) is 39.2 Å². The Morgan fingerprint density at radius 1 is 1.39 bits per heavy atom. The van der Waals surface area contributed by atoms with Gasteiger partial charge in [0.15, 0.2) is 0 Å². The molecule has 1 aliphatic rings. The van der Waals surface area contributed by atoms with Crippen molar-refractivity contribution in [3.05, 3.63) is 17.6 Å². The summed E-state index contributed by atoms with van der Waals surface area (Å²) in [6.45, 7) is 6.41. The molecular formula is C14H24N4. The smallest absolute Gasteiger partial charge is 0.132 e. The van der Waals surface area contributed by atoms with Gasteiger partial charge in [-0.3, -0.25) is 0 Å². The third-order valence-corrected chi connectivity index (χ3v) is 3.58. The first kappa shape index (κ1) is 13.3. The molecule has 0 unspecified atom stereocenters. The summed E-state index contributed by atoms with van der Waals surface area (Å²) in [7, 11) is 4.31. The molecule has 1 fully saturated rings. The van der Waals surface area contributed by atoms with Crippen molar-refractivity contribution >= 4 is 5.82 Å². The van der Waals surface area contributed by atoms with E-state index in [1.807, 2.05) is 0 Å². The van der Waals surface area contributed by atoms with Crippen molar-refractivity contribution in [1.82, 2.24) is 14.9 Å². The van der Waals surface area contributed by atoms with Crippen LogP contribution in [0.4, 0.5) is 5.82 Å². The zero-order valence-corrected chi connectivity index (χ0v) is 12.0. The van der Waals surface area contributed by atoms with Crippen LogP contribution in [0.2, 0.25) is 0 Å². The van der Waals surface area contributed by atoms with E-state index in [9.17, 15) is 0 Å². The van der Waals surface area contributed by atoms with Gasteiger partial charge in [0.05, 0.1) is 0 Å². The summed E-state index contributed by atoms with van der Waals surface area (Å²) in [4.78, 5) is 13.9. The van der Waals surface area contributed by atoms with Crippen molar-refractivity contribution in [2.24, 2.45) is 0 Å². The number of nitrogens with zero attached hydrogens (tertiary/aromatic N) is 4. The lowest BCUT2D eigenvalue weighted by atomic mass is 10.2. The Hall–Kier alpha value is -1.16. The van der Waals surface area contributed by atoms with Crippen LogP contribution in [0.1, 0.15) is 31.3 Å². The standard InChI is InChI=1S/C14H24N4/c1-5-6-13-15-11(2)9-14(16-13)18-8-7-12(10-18)17(3)4/h9,12H,5-8,10H2,1-4H3/t12-/m1/s1. The molecule has 0 spiro atoms. The first-order valence-electron chi connectivity index (χ1n) is 6.86. The van der Waals surface area contributed by atoms with Crippen LogP contribution in [0.5, 0.6) is 0 Å². The largest absolute Gasteiger partial charge is 0.355 e. The molecule has 0 bridgehead atoms.